The van der Waals surface area contributed by atoms with Crippen molar-refractivity contribution in [2.24, 2.45) is 0 Å². The van der Waals surface area contributed by atoms with Gasteiger partial charge >= 0.3 is 0 Å². The SMILES string of the molecule is COC[C@@H]1O[C@@H]2O[C@H]3[C@H](OC)[C@@H](OC)[C@@H](O[C@H]4[C@@H](OC)[C@H](OC)[C@@H](O[C@H]5[C@@H](OC)[C@H](OC)[C@@H](O[C@H]6[C@H](OC)[C@@H](OC)[C@@H](O[C@H]7[C@H](OC)[C@@H](OC)[C@@H](O[C@H]8[C@H](OC)[C@@H](OC)[C@@H](O[C@H]1[C@H](OC)[C@H]2OC)O[C@H]8COC)O[C@H]7COC)O[C@@H]6COC)O[C@@H]5COC)O[C@@H]4COS(C)(=O)=O)O[C@H]3COS(C)(=O)=O. The van der Waals surface area contributed by atoms with Crippen molar-refractivity contribution in [3.63, 3.8) is 0 Å². The van der Waals surface area contributed by atoms with Crippen molar-refractivity contribution in [3.8, 4) is 0 Å². The first-order valence-electron chi connectivity index (χ1n) is 33.7. The van der Waals surface area contributed by atoms with Gasteiger partial charge in [0.25, 0.3) is 20.2 Å². The second-order valence-electron chi connectivity index (χ2n) is 25.6. The highest BCUT2D eigenvalue weighted by atomic mass is 32.2. The van der Waals surface area contributed by atoms with E-state index in [1.807, 2.05) is 0 Å². The van der Waals surface area contributed by atoms with E-state index in [0.29, 0.717) is 0 Å². The van der Waals surface area contributed by atoms with Gasteiger partial charge in [0.2, 0.25) is 0 Å². The van der Waals surface area contributed by atoms with Crippen molar-refractivity contribution < 1.29 is 182 Å². The second kappa shape index (κ2) is 41.3. The Bertz CT molecular complexity index is 2660. The normalized spacial score (nSPS) is 44.4. The summed E-state index contributed by atoms with van der Waals surface area (Å²) < 4.78 is 275. The van der Waals surface area contributed by atoms with Crippen LogP contribution in [0.5, 0.6) is 0 Å². The van der Waals surface area contributed by atoms with E-state index < -0.39 is 248 Å². The van der Waals surface area contributed by atoms with Crippen LogP contribution >= 0.6 is 0 Å². The zero-order valence-electron chi connectivity index (χ0n) is 62.9. The van der Waals surface area contributed by atoms with Gasteiger partial charge in [-0.3, -0.25) is 8.37 Å². The van der Waals surface area contributed by atoms with Crippen molar-refractivity contribution in [2.75, 3.05) is 194 Å². The molecule has 41 heteroatoms. The smallest absolute Gasteiger partial charge is 0.264 e. The summed E-state index contributed by atoms with van der Waals surface area (Å²) in [5.41, 5.74) is 0. The van der Waals surface area contributed by atoms with Crippen LogP contribution in [-0.4, -0.2) is 426 Å². The van der Waals surface area contributed by atoms with Crippen LogP contribution in [0.15, 0.2) is 0 Å². The highest BCUT2D eigenvalue weighted by molar-refractivity contribution is 7.86. The van der Waals surface area contributed by atoms with E-state index in [2.05, 4.69) is 0 Å². The van der Waals surface area contributed by atoms with Crippen molar-refractivity contribution in [1.29, 1.82) is 0 Å². The van der Waals surface area contributed by atoms with Gasteiger partial charge in [-0.2, -0.15) is 16.8 Å². The quantitative estimate of drug-likeness (QED) is 0.0654. The van der Waals surface area contributed by atoms with E-state index in [4.69, 9.17) is 165 Å². The molecule has 21 heterocycles. The summed E-state index contributed by atoms with van der Waals surface area (Å²) in [5, 5.41) is 0. The summed E-state index contributed by atoms with van der Waals surface area (Å²) in [5.74, 6) is 0. The molecule has 21 saturated heterocycles. The van der Waals surface area contributed by atoms with E-state index in [0.717, 1.165) is 12.5 Å². The predicted octanol–water partition coefficient (Wildman–Crippen LogP) is -2.83. The molecule has 0 aromatic heterocycles. The van der Waals surface area contributed by atoms with Gasteiger partial charge in [-0.05, 0) is 0 Å². The Hall–Kier alpha value is -1.50. The minimum absolute atomic E-state index is 0.0848. The van der Waals surface area contributed by atoms with Gasteiger partial charge in [-0.1, -0.05) is 0 Å². The topological polar surface area (TPSA) is 391 Å². The van der Waals surface area contributed by atoms with Crippen molar-refractivity contribution in [2.45, 2.75) is 215 Å². The molecule has 21 aliphatic rings. The fourth-order valence-electron chi connectivity index (χ4n) is 14.9. The van der Waals surface area contributed by atoms with Gasteiger partial charge in [-0.25, -0.2) is 0 Å². The largest absolute Gasteiger partial charge is 0.382 e. The molecule has 14 bridgehead atoms. The molecule has 35 atom stereocenters. The Balaban J connectivity index is 1.27. The Kier molecular flexibility index (Phi) is 35.0. The number of ether oxygens (including phenoxy) is 33. The number of rotatable bonds is 30. The first-order chi connectivity index (χ1) is 50.0. The maximum atomic E-state index is 13.0. The standard InChI is InChI=1S/C63H112O39S2/c1-68-22-29-36-43(73-6)50(80-13)57(89-29)97-37-30(23-69-2)91-59(52(82-15)44(37)74-7)99-39-32(25-71-4)93-61(54(84-17)46(39)76-9)101-41-34(27-87-103(20,64)65)95-63(56(86-19)48(41)78-11)102-42-35(28-88-104(21,66)67)94-62(55(85-18)49(42)79-12)100-40-33(26-72-5)92-60(53(83-16)47(40)77-10)98-38-31(24-70-3)90-58(96-36)51(81-14)45(38)75-8/h29-63H,22-28H2,1-21H3/t29-,30-,31+,32-,33+,34-,35+,36+,37+,38+,39+,40+,41+,42+,43-,44-,45-,46-,47+,48-,49+,50+,51+,52+,53-,54+,55-,56+,57+,58+,59+,60+,61+,62+,63+/m0/s1. The lowest BCUT2D eigenvalue weighted by Crippen LogP contribution is -2.69. The fraction of sp³-hybridized carbons (Fsp3) is 1.00. The summed E-state index contributed by atoms with van der Waals surface area (Å²) >= 11 is 0. The van der Waals surface area contributed by atoms with Gasteiger partial charge < -0.3 is 156 Å². The third kappa shape index (κ3) is 20.3. The molecule has 0 spiro atoms. The van der Waals surface area contributed by atoms with Crippen molar-refractivity contribution in [3.05, 3.63) is 0 Å². The fourth-order valence-corrected chi connectivity index (χ4v) is 15.7. The van der Waals surface area contributed by atoms with Gasteiger partial charge in [-0.15, -0.1) is 0 Å². The molecule has 0 radical (unpaired) electrons. The molecular formula is C63H112O39S2. The number of hydrogen-bond donors (Lipinski definition) is 0. The lowest BCUT2D eigenvalue weighted by molar-refractivity contribution is -0.402. The molecule has 0 aliphatic carbocycles. The molecular weight excluding hydrogens is 1440 g/mol. The van der Waals surface area contributed by atoms with E-state index in [1.165, 1.54) is 135 Å². The van der Waals surface area contributed by atoms with Crippen LogP contribution in [0.1, 0.15) is 0 Å². The van der Waals surface area contributed by atoms with Gasteiger partial charge in [0.15, 0.2) is 44.0 Å². The lowest BCUT2D eigenvalue weighted by atomic mass is 9.94. The molecule has 0 aromatic rings. The average Bonchev–Trinajstić information content (AvgIpc) is 0.768. The summed E-state index contributed by atoms with van der Waals surface area (Å²) in [7, 11) is 18.7. The molecule has 0 saturated carbocycles. The van der Waals surface area contributed by atoms with Crippen LogP contribution in [0.2, 0.25) is 0 Å². The Morgan fingerprint density at radius 1 is 0.192 bits per heavy atom. The van der Waals surface area contributed by atoms with E-state index >= 15 is 0 Å². The molecule has 0 unspecified atom stereocenters. The summed E-state index contributed by atoms with van der Waals surface area (Å²) in [6.07, 6.45) is -40.5. The van der Waals surface area contributed by atoms with Crippen LogP contribution < -0.4 is 0 Å². The summed E-state index contributed by atoms with van der Waals surface area (Å²) in [6.45, 7) is -2.05. The van der Waals surface area contributed by atoms with E-state index in [1.54, 1.807) is 0 Å². The molecule has 21 rings (SSSR count). The Morgan fingerprint density at radius 3 is 0.423 bits per heavy atom. The predicted molar refractivity (Wildman–Crippen MR) is 347 cm³/mol. The Morgan fingerprint density at radius 2 is 0.317 bits per heavy atom. The summed E-state index contributed by atoms with van der Waals surface area (Å²) in [4.78, 5) is 0. The number of hydrogen-bond acceptors (Lipinski definition) is 39. The molecule has 610 valence electrons. The molecule has 0 aromatic carbocycles. The third-order valence-electron chi connectivity index (χ3n) is 19.5. The zero-order chi connectivity index (χ0) is 75.9. The molecule has 0 N–H and O–H groups in total. The van der Waals surface area contributed by atoms with Crippen LogP contribution in [0.3, 0.4) is 0 Å². The average molecular weight is 1560 g/mol. The zero-order valence-corrected chi connectivity index (χ0v) is 64.5. The van der Waals surface area contributed by atoms with Gasteiger partial charge in [0, 0.05) is 135 Å². The number of methoxy groups -OCH3 is 19. The molecule has 39 nitrogen and oxygen atoms in total. The highest BCUT2D eigenvalue weighted by Crippen LogP contribution is 2.43. The minimum Gasteiger partial charge on any atom is -0.382 e. The maximum absolute atomic E-state index is 13.0. The minimum atomic E-state index is -4.22. The highest BCUT2D eigenvalue weighted by Gasteiger charge is 2.62. The monoisotopic (exact) mass is 1560 g/mol. The summed E-state index contributed by atoms with van der Waals surface area (Å²) in [6, 6.07) is 0. The maximum Gasteiger partial charge on any atom is 0.264 e. The van der Waals surface area contributed by atoms with E-state index in [-0.39, 0.29) is 33.0 Å². The third-order valence-corrected chi connectivity index (χ3v) is 20.7. The van der Waals surface area contributed by atoms with Gasteiger partial charge in [0.1, 0.15) is 171 Å². The molecule has 21 aliphatic heterocycles. The van der Waals surface area contributed by atoms with Crippen molar-refractivity contribution in [1.82, 2.24) is 0 Å². The van der Waals surface area contributed by atoms with Crippen LogP contribution in [-0.2, 0) is 185 Å². The molecule has 104 heavy (non-hydrogen) atoms. The van der Waals surface area contributed by atoms with Crippen molar-refractivity contribution >= 4 is 20.2 Å². The molecule has 21 fully saturated rings. The lowest BCUT2D eigenvalue weighted by Gasteiger charge is -2.52. The Labute approximate surface area is 608 Å². The van der Waals surface area contributed by atoms with Crippen LogP contribution in [0.25, 0.3) is 0 Å². The van der Waals surface area contributed by atoms with E-state index in [9.17, 15) is 16.8 Å². The van der Waals surface area contributed by atoms with Gasteiger partial charge in [0.05, 0.1) is 58.8 Å². The molecule has 0 amide bonds. The first-order valence-corrected chi connectivity index (χ1v) is 37.3. The second-order valence-corrected chi connectivity index (χ2v) is 28.9. The van der Waals surface area contributed by atoms with Crippen LogP contribution in [0, 0.1) is 0 Å². The first kappa shape index (κ1) is 88.1. The van der Waals surface area contributed by atoms with Crippen LogP contribution in [0.4, 0.5) is 0 Å².